The van der Waals surface area contributed by atoms with Gasteiger partial charge in [-0.05, 0) is 23.7 Å². The van der Waals surface area contributed by atoms with Crippen LogP contribution < -0.4 is 10.1 Å². The van der Waals surface area contributed by atoms with E-state index in [1.54, 1.807) is 24.4 Å². The first kappa shape index (κ1) is 12.4. The van der Waals surface area contributed by atoms with E-state index < -0.39 is 0 Å². The van der Waals surface area contributed by atoms with Crippen molar-refractivity contribution in [1.29, 1.82) is 0 Å². The van der Waals surface area contributed by atoms with Crippen molar-refractivity contribution in [3.63, 3.8) is 0 Å². The number of hydrogen-bond acceptors (Lipinski definition) is 5. The zero-order valence-corrected chi connectivity index (χ0v) is 10.5. The summed E-state index contributed by atoms with van der Waals surface area (Å²) < 4.78 is 5.03. The summed E-state index contributed by atoms with van der Waals surface area (Å²) in [5.74, 6) is 1.15. The first-order valence-electron chi connectivity index (χ1n) is 5.28. The molecule has 0 bridgehead atoms. The minimum Gasteiger partial charge on any atom is -0.504 e. The van der Waals surface area contributed by atoms with Crippen molar-refractivity contribution < 1.29 is 9.84 Å². The van der Waals surface area contributed by atoms with E-state index in [2.05, 4.69) is 15.3 Å². The van der Waals surface area contributed by atoms with Crippen LogP contribution in [0.4, 0.5) is 5.82 Å². The molecule has 2 rings (SSSR count). The van der Waals surface area contributed by atoms with Crippen molar-refractivity contribution >= 4 is 17.4 Å². The zero-order chi connectivity index (χ0) is 13.0. The van der Waals surface area contributed by atoms with E-state index in [9.17, 15) is 5.11 Å². The van der Waals surface area contributed by atoms with Gasteiger partial charge in [0.2, 0.25) is 5.28 Å². The number of anilines is 1. The minimum atomic E-state index is 0.118. The fourth-order valence-electron chi connectivity index (χ4n) is 1.49. The van der Waals surface area contributed by atoms with E-state index in [4.69, 9.17) is 16.3 Å². The highest BCUT2D eigenvalue weighted by Gasteiger charge is 2.07. The maximum atomic E-state index is 9.90. The minimum absolute atomic E-state index is 0.118. The number of nitrogens with zero attached hydrogens (tertiary/aromatic N) is 2. The average molecular weight is 266 g/mol. The van der Waals surface area contributed by atoms with Crippen LogP contribution in [0.5, 0.6) is 11.5 Å². The number of aromatic nitrogens is 2. The molecule has 5 nitrogen and oxygen atoms in total. The molecule has 18 heavy (non-hydrogen) atoms. The Balaban J connectivity index is 2.11. The molecular formula is C12H12ClN3O2. The average Bonchev–Trinajstić information content (AvgIpc) is 2.38. The topological polar surface area (TPSA) is 67.3 Å². The Morgan fingerprint density at radius 2 is 2.22 bits per heavy atom. The maximum absolute atomic E-state index is 9.90. The second-order valence-corrected chi connectivity index (χ2v) is 3.87. The molecule has 2 aromatic rings. The van der Waals surface area contributed by atoms with Crippen LogP contribution in [0.3, 0.4) is 0 Å². The number of phenolic OH excluding ortho intramolecular Hbond substituents is 1. The lowest BCUT2D eigenvalue weighted by atomic mass is 10.2. The molecule has 0 saturated heterocycles. The van der Waals surface area contributed by atoms with Crippen LogP contribution in [0, 0.1) is 0 Å². The molecule has 1 aromatic heterocycles. The molecule has 94 valence electrons. The van der Waals surface area contributed by atoms with Crippen LogP contribution in [-0.4, -0.2) is 22.2 Å². The predicted octanol–water partition coefficient (Wildman–Crippen LogP) is 2.46. The highest BCUT2D eigenvalue weighted by atomic mass is 35.5. The molecule has 0 aliphatic heterocycles. The summed E-state index contributed by atoms with van der Waals surface area (Å²) in [7, 11) is 1.51. The van der Waals surface area contributed by atoms with Crippen LogP contribution in [0.1, 0.15) is 5.56 Å². The number of hydrogen-bond donors (Lipinski definition) is 2. The van der Waals surface area contributed by atoms with Gasteiger partial charge in [-0.2, -0.15) is 0 Å². The third-order valence-corrected chi connectivity index (χ3v) is 2.57. The zero-order valence-electron chi connectivity index (χ0n) is 9.72. The van der Waals surface area contributed by atoms with Crippen LogP contribution >= 0.6 is 11.6 Å². The number of para-hydroxylation sites is 1. The molecule has 6 heteroatoms. The molecule has 0 saturated carbocycles. The highest BCUT2D eigenvalue weighted by molar-refractivity contribution is 6.28. The molecule has 1 heterocycles. The normalized spacial score (nSPS) is 10.1. The Morgan fingerprint density at radius 3 is 2.94 bits per heavy atom. The van der Waals surface area contributed by atoms with E-state index in [0.29, 0.717) is 23.7 Å². The summed E-state index contributed by atoms with van der Waals surface area (Å²) >= 11 is 5.67. The largest absolute Gasteiger partial charge is 0.504 e. The molecule has 0 aliphatic rings. The van der Waals surface area contributed by atoms with Crippen LogP contribution in [0.15, 0.2) is 30.5 Å². The molecule has 0 amide bonds. The predicted molar refractivity (Wildman–Crippen MR) is 69.0 cm³/mol. The first-order valence-corrected chi connectivity index (χ1v) is 5.66. The fraction of sp³-hybridized carbons (Fsp3) is 0.167. The van der Waals surface area contributed by atoms with Gasteiger partial charge in [-0.3, -0.25) is 0 Å². The SMILES string of the molecule is COc1cccc(CNc2ccnc(Cl)n2)c1O. The lowest BCUT2D eigenvalue weighted by Crippen LogP contribution is -2.02. The van der Waals surface area contributed by atoms with Gasteiger partial charge >= 0.3 is 0 Å². The van der Waals surface area contributed by atoms with Gasteiger partial charge in [-0.25, -0.2) is 9.97 Å². The van der Waals surface area contributed by atoms with Crippen molar-refractivity contribution in [2.75, 3.05) is 12.4 Å². The lowest BCUT2D eigenvalue weighted by molar-refractivity contribution is 0.371. The molecule has 0 radical (unpaired) electrons. The quantitative estimate of drug-likeness (QED) is 0.831. The number of nitrogens with one attached hydrogen (secondary N) is 1. The maximum Gasteiger partial charge on any atom is 0.224 e. The lowest BCUT2D eigenvalue weighted by Gasteiger charge is -2.10. The summed E-state index contributed by atoms with van der Waals surface area (Å²) in [5.41, 5.74) is 0.712. The van der Waals surface area contributed by atoms with Crippen molar-refractivity contribution in [2.24, 2.45) is 0 Å². The Kier molecular flexibility index (Phi) is 3.84. The number of methoxy groups -OCH3 is 1. The molecule has 0 aliphatic carbocycles. The van der Waals surface area contributed by atoms with Gasteiger partial charge < -0.3 is 15.2 Å². The number of rotatable bonds is 4. The molecule has 0 unspecified atom stereocenters. The number of aromatic hydroxyl groups is 1. The standard InChI is InChI=1S/C12H12ClN3O2/c1-18-9-4-2-3-8(11(9)17)7-15-10-5-6-14-12(13)16-10/h2-6,17H,7H2,1H3,(H,14,15,16). The number of ether oxygens (including phenoxy) is 1. The van der Waals surface area contributed by atoms with Crippen LogP contribution in [0.25, 0.3) is 0 Å². The molecule has 0 atom stereocenters. The smallest absolute Gasteiger partial charge is 0.224 e. The van der Waals surface area contributed by atoms with E-state index >= 15 is 0 Å². The molecule has 0 fully saturated rings. The fourth-order valence-corrected chi connectivity index (χ4v) is 1.64. The number of phenols is 1. The first-order chi connectivity index (χ1) is 8.70. The Labute approximate surface area is 109 Å². The van der Waals surface area contributed by atoms with E-state index in [1.165, 1.54) is 7.11 Å². The van der Waals surface area contributed by atoms with Gasteiger partial charge in [0.15, 0.2) is 11.5 Å². The summed E-state index contributed by atoms with van der Waals surface area (Å²) in [6.07, 6.45) is 1.56. The van der Waals surface area contributed by atoms with Gasteiger partial charge in [0, 0.05) is 18.3 Å². The van der Waals surface area contributed by atoms with Gasteiger partial charge in [-0.15, -0.1) is 0 Å². The molecule has 2 N–H and O–H groups in total. The van der Waals surface area contributed by atoms with Crippen LogP contribution in [-0.2, 0) is 6.54 Å². The Hall–Kier alpha value is -2.01. The van der Waals surface area contributed by atoms with Crippen molar-refractivity contribution in [1.82, 2.24) is 9.97 Å². The second kappa shape index (κ2) is 5.55. The summed E-state index contributed by atoms with van der Waals surface area (Å²) in [6.45, 7) is 0.413. The van der Waals surface area contributed by atoms with Gasteiger partial charge in [0.05, 0.1) is 7.11 Å². The number of benzene rings is 1. The van der Waals surface area contributed by atoms with Gasteiger partial charge in [0.25, 0.3) is 0 Å². The van der Waals surface area contributed by atoms with E-state index in [-0.39, 0.29) is 11.0 Å². The Bertz CT molecular complexity index is 549. The van der Waals surface area contributed by atoms with Crippen molar-refractivity contribution in [2.45, 2.75) is 6.54 Å². The third-order valence-electron chi connectivity index (χ3n) is 2.39. The third kappa shape index (κ3) is 2.81. The van der Waals surface area contributed by atoms with E-state index in [0.717, 1.165) is 0 Å². The molecule has 0 spiro atoms. The highest BCUT2D eigenvalue weighted by Crippen LogP contribution is 2.29. The molecule has 1 aromatic carbocycles. The van der Waals surface area contributed by atoms with Crippen LogP contribution in [0.2, 0.25) is 5.28 Å². The summed E-state index contributed by atoms with van der Waals surface area (Å²) in [5, 5.41) is 13.1. The summed E-state index contributed by atoms with van der Waals surface area (Å²) in [6, 6.07) is 7.00. The molecular weight excluding hydrogens is 254 g/mol. The second-order valence-electron chi connectivity index (χ2n) is 3.53. The Morgan fingerprint density at radius 1 is 1.39 bits per heavy atom. The van der Waals surface area contributed by atoms with Gasteiger partial charge in [0.1, 0.15) is 5.82 Å². The van der Waals surface area contributed by atoms with E-state index in [1.807, 2.05) is 6.07 Å². The van der Waals surface area contributed by atoms with Crippen molar-refractivity contribution in [3.05, 3.63) is 41.3 Å². The number of halogens is 1. The monoisotopic (exact) mass is 265 g/mol. The summed E-state index contributed by atoms with van der Waals surface area (Å²) in [4.78, 5) is 7.78. The van der Waals surface area contributed by atoms with Gasteiger partial charge in [-0.1, -0.05) is 12.1 Å². The van der Waals surface area contributed by atoms with Crippen molar-refractivity contribution in [3.8, 4) is 11.5 Å².